The molecule has 0 heterocycles. The maximum Gasteiger partial charge on any atom is 0.227 e. The second-order valence-electron chi connectivity index (χ2n) is 4.73. The zero-order valence-electron chi connectivity index (χ0n) is 12.2. The molecule has 1 aromatic rings. The summed E-state index contributed by atoms with van der Waals surface area (Å²) >= 11 is 0. The van der Waals surface area contributed by atoms with Crippen LogP contribution in [0.2, 0.25) is 0 Å². The van der Waals surface area contributed by atoms with E-state index in [4.69, 9.17) is 4.74 Å². The Morgan fingerprint density at radius 2 is 1.79 bits per heavy atom. The summed E-state index contributed by atoms with van der Waals surface area (Å²) in [5.74, 6) is 1.05. The molecule has 19 heavy (non-hydrogen) atoms. The van der Waals surface area contributed by atoms with Crippen molar-refractivity contribution in [3.8, 4) is 5.75 Å². The average Bonchev–Trinajstić information content (AvgIpc) is 2.42. The molecule has 0 saturated carbocycles. The third-order valence-electron chi connectivity index (χ3n) is 3.24. The van der Waals surface area contributed by atoms with Crippen molar-refractivity contribution in [2.45, 2.75) is 46.5 Å². The molecule has 0 aliphatic rings. The monoisotopic (exact) mass is 263 g/mol. The van der Waals surface area contributed by atoms with E-state index in [9.17, 15) is 4.79 Å². The summed E-state index contributed by atoms with van der Waals surface area (Å²) in [6, 6.07) is 7.58. The molecule has 3 nitrogen and oxygen atoms in total. The molecular formula is C16H25NO2. The summed E-state index contributed by atoms with van der Waals surface area (Å²) in [7, 11) is 0. The van der Waals surface area contributed by atoms with Crippen molar-refractivity contribution in [3.63, 3.8) is 0 Å². The predicted molar refractivity (Wildman–Crippen MR) is 79.5 cm³/mol. The number of anilines is 1. The van der Waals surface area contributed by atoms with E-state index < -0.39 is 0 Å². The van der Waals surface area contributed by atoms with Crippen LogP contribution in [-0.2, 0) is 4.79 Å². The number of benzene rings is 1. The van der Waals surface area contributed by atoms with Crippen LogP contribution in [0, 0.1) is 5.92 Å². The van der Waals surface area contributed by atoms with Gasteiger partial charge in [-0.05, 0) is 43.5 Å². The minimum Gasteiger partial charge on any atom is -0.494 e. The number of hydrogen-bond acceptors (Lipinski definition) is 2. The van der Waals surface area contributed by atoms with Gasteiger partial charge < -0.3 is 10.1 Å². The molecule has 0 atom stereocenters. The maximum absolute atomic E-state index is 11.9. The number of hydrogen-bond donors (Lipinski definition) is 1. The van der Waals surface area contributed by atoms with Gasteiger partial charge in [-0.2, -0.15) is 0 Å². The van der Waals surface area contributed by atoms with Gasteiger partial charge in [-0.25, -0.2) is 0 Å². The predicted octanol–water partition coefficient (Wildman–Crippen LogP) is 4.24. The van der Waals surface area contributed by atoms with Crippen LogP contribution in [0.1, 0.15) is 46.5 Å². The molecule has 1 N–H and O–H groups in total. The first kappa shape index (κ1) is 15.5. The molecule has 0 radical (unpaired) electrons. The quantitative estimate of drug-likeness (QED) is 0.712. The molecule has 0 bridgehead atoms. The van der Waals surface area contributed by atoms with Crippen molar-refractivity contribution in [2.24, 2.45) is 5.92 Å². The summed E-state index contributed by atoms with van der Waals surface area (Å²) in [6.07, 6.45) is 3.94. The van der Waals surface area contributed by atoms with Crippen molar-refractivity contribution in [1.82, 2.24) is 0 Å². The lowest BCUT2D eigenvalue weighted by Gasteiger charge is -2.13. The topological polar surface area (TPSA) is 38.3 Å². The number of carbonyl (C=O) groups excluding carboxylic acids is 1. The lowest BCUT2D eigenvalue weighted by atomic mass is 10.0. The third kappa shape index (κ3) is 5.33. The van der Waals surface area contributed by atoms with Gasteiger partial charge in [-0.3, -0.25) is 4.79 Å². The van der Waals surface area contributed by atoms with Crippen LogP contribution in [0.5, 0.6) is 5.75 Å². The second-order valence-corrected chi connectivity index (χ2v) is 4.73. The molecule has 0 fully saturated rings. The number of amides is 1. The molecule has 1 aromatic carbocycles. The Morgan fingerprint density at radius 1 is 1.16 bits per heavy atom. The fraction of sp³-hybridized carbons (Fsp3) is 0.562. The average molecular weight is 263 g/mol. The largest absolute Gasteiger partial charge is 0.494 e. The van der Waals surface area contributed by atoms with Gasteiger partial charge in [0, 0.05) is 11.6 Å². The van der Waals surface area contributed by atoms with E-state index in [-0.39, 0.29) is 11.8 Å². The van der Waals surface area contributed by atoms with Gasteiger partial charge >= 0.3 is 0 Å². The van der Waals surface area contributed by atoms with E-state index in [2.05, 4.69) is 12.2 Å². The van der Waals surface area contributed by atoms with Crippen molar-refractivity contribution < 1.29 is 9.53 Å². The Labute approximate surface area is 116 Å². The lowest BCUT2D eigenvalue weighted by Crippen LogP contribution is -2.21. The minimum absolute atomic E-state index is 0.0977. The van der Waals surface area contributed by atoms with Crippen molar-refractivity contribution in [2.75, 3.05) is 11.9 Å². The van der Waals surface area contributed by atoms with Crippen LogP contribution in [0.15, 0.2) is 24.3 Å². The fourth-order valence-electron chi connectivity index (χ4n) is 1.87. The Kier molecular flexibility index (Phi) is 7.01. The molecule has 1 amide bonds. The van der Waals surface area contributed by atoms with Crippen molar-refractivity contribution in [1.29, 1.82) is 0 Å². The highest BCUT2D eigenvalue weighted by molar-refractivity contribution is 5.92. The number of carbonyl (C=O) groups is 1. The Hall–Kier alpha value is -1.51. The van der Waals surface area contributed by atoms with E-state index >= 15 is 0 Å². The second kappa shape index (κ2) is 8.57. The van der Waals surface area contributed by atoms with Gasteiger partial charge in [0.2, 0.25) is 5.91 Å². The maximum atomic E-state index is 11.9. The van der Waals surface area contributed by atoms with E-state index in [1.54, 1.807) is 0 Å². The van der Waals surface area contributed by atoms with Gasteiger partial charge in [0.05, 0.1) is 6.61 Å². The summed E-state index contributed by atoms with van der Waals surface area (Å²) < 4.78 is 5.58. The van der Waals surface area contributed by atoms with E-state index in [1.165, 1.54) is 0 Å². The summed E-state index contributed by atoms with van der Waals surface area (Å²) in [5, 5.41) is 2.94. The van der Waals surface area contributed by atoms with Gasteiger partial charge in [0.1, 0.15) is 5.75 Å². The number of nitrogens with one attached hydrogen (secondary N) is 1. The van der Waals surface area contributed by atoms with E-state index in [0.717, 1.165) is 43.7 Å². The fourth-order valence-corrected chi connectivity index (χ4v) is 1.87. The highest BCUT2D eigenvalue weighted by Gasteiger charge is 2.13. The normalized spacial score (nSPS) is 10.5. The van der Waals surface area contributed by atoms with Crippen LogP contribution in [0.25, 0.3) is 0 Å². The Balaban J connectivity index is 2.49. The summed E-state index contributed by atoms with van der Waals surface area (Å²) in [4.78, 5) is 11.9. The zero-order valence-corrected chi connectivity index (χ0v) is 12.2. The first-order chi connectivity index (χ1) is 9.21. The van der Waals surface area contributed by atoms with Gasteiger partial charge in [0.25, 0.3) is 0 Å². The Morgan fingerprint density at radius 3 is 2.32 bits per heavy atom. The number of ether oxygens (including phenoxy) is 1. The smallest absolute Gasteiger partial charge is 0.227 e. The van der Waals surface area contributed by atoms with E-state index in [1.807, 2.05) is 38.1 Å². The molecular weight excluding hydrogens is 238 g/mol. The lowest BCUT2D eigenvalue weighted by molar-refractivity contribution is -0.120. The van der Waals surface area contributed by atoms with Crippen LogP contribution >= 0.6 is 0 Å². The first-order valence-electron chi connectivity index (χ1n) is 7.24. The van der Waals surface area contributed by atoms with Crippen LogP contribution in [-0.4, -0.2) is 12.5 Å². The van der Waals surface area contributed by atoms with Gasteiger partial charge in [-0.15, -0.1) is 0 Å². The summed E-state index contributed by atoms with van der Waals surface area (Å²) in [5.41, 5.74) is 0.833. The zero-order chi connectivity index (χ0) is 14.1. The third-order valence-corrected chi connectivity index (χ3v) is 3.24. The van der Waals surface area contributed by atoms with Gasteiger partial charge in [-0.1, -0.05) is 27.2 Å². The molecule has 106 valence electrons. The molecule has 0 unspecified atom stereocenters. The van der Waals surface area contributed by atoms with Crippen LogP contribution in [0.3, 0.4) is 0 Å². The highest BCUT2D eigenvalue weighted by Crippen LogP contribution is 2.18. The van der Waals surface area contributed by atoms with Crippen LogP contribution in [0.4, 0.5) is 5.69 Å². The minimum atomic E-state index is 0.0977. The Bertz CT molecular complexity index is 369. The number of rotatable bonds is 8. The van der Waals surface area contributed by atoms with Crippen molar-refractivity contribution >= 4 is 11.6 Å². The molecule has 0 spiro atoms. The highest BCUT2D eigenvalue weighted by atomic mass is 16.5. The number of unbranched alkanes of at least 4 members (excludes halogenated alkanes) is 1. The molecule has 3 heteroatoms. The molecule has 1 rings (SSSR count). The molecule has 0 aliphatic carbocycles. The summed E-state index contributed by atoms with van der Waals surface area (Å²) in [6.45, 7) is 6.96. The molecule has 0 aromatic heterocycles. The first-order valence-corrected chi connectivity index (χ1v) is 7.24. The van der Waals surface area contributed by atoms with Gasteiger partial charge in [0.15, 0.2) is 0 Å². The molecule has 0 aliphatic heterocycles. The SMILES string of the molecule is CCCCOc1ccc(NC(=O)C(CC)CC)cc1. The molecule has 0 saturated heterocycles. The standard InChI is InChI=1S/C16H25NO2/c1-4-7-12-19-15-10-8-14(9-11-15)17-16(18)13(5-2)6-3/h8-11,13H,4-7,12H2,1-3H3,(H,17,18). The van der Waals surface area contributed by atoms with Crippen molar-refractivity contribution in [3.05, 3.63) is 24.3 Å². The van der Waals surface area contributed by atoms with Crippen LogP contribution < -0.4 is 10.1 Å². The van der Waals surface area contributed by atoms with E-state index in [0.29, 0.717) is 0 Å².